The number of hydrogen-bond acceptors (Lipinski definition) is 2. The summed E-state index contributed by atoms with van der Waals surface area (Å²) in [5.41, 5.74) is 5.02. The maximum absolute atomic E-state index is 4.74. The predicted octanol–water partition coefficient (Wildman–Crippen LogP) is 3.56. The zero-order valence-corrected chi connectivity index (χ0v) is 12.6. The summed E-state index contributed by atoms with van der Waals surface area (Å²) in [7, 11) is 0. The summed E-state index contributed by atoms with van der Waals surface area (Å²) in [6.07, 6.45) is 4.69. The average Bonchev–Trinajstić information content (AvgIpc) is 3.16. The second kappa shape index (κ2) is 5.41. The van der Waals surface area contributed by atoms with Gasteiger partial charge in [-0.15, -0.1) is 0 Å². The van der Waals surface area contributed by atoms with E-state index in [1.54, 1.807) is 0 Å². The van der Waals surface area contributed by atoms with Gasteiger partial charge in [0.05, 0.1) is 11.4 Å². The van der Waals surface area contributed by atoms with E-state index in [-0.39, 0.29) is 0 Å². The largest absolute Gasteiger partial charge is 0.310 e. The molecule has 3 rings (SSSR count). The number of benzene rings is 1. The van der Waals surface area contributed by atoms with Crippen LogP contribution >= 0.6 is 0 Å². The second-order valence-electron chi connectivity index (χ2n) is 6.12. The molecule has 3 heteroatoms. The van der Waals surface area contributed by atoms with Crippen LogP contribution in [0, 0.1) is 6.92 Å². The fourth-order valence-corrected chi connectivity index (χ4v) is 2.40. The topological polar surface area (TPSA) is 29.9 Å². The van der Waals surface area contributed by atoms with Crippen molar-refractivity contribution in [1.29, 1.82) is 0 Å². The van der Waals surface area contributed by atoms with Gasteiger partial charge in [-0.25, -0.2) is 4.68 Å². The fourth-order valence-electron chi connectivity index (χ4n) is 2.40. The van der Waals surface area contributed by atoms with Gasteiger partial charge in [-0.3, -0.25) is 0 Å². The highest BCUT2D eigenvalue weighted by molar-refractivity contribution is 5.43. The molecule has 1 aliphatic rings. The molecule has 106 valence electrons. The van der Waals surface area contributed by atoms with Crippen molar-refractivity contribution in [2.45, 2.75) is 52.1 Å². The van der Waals surface area contributed by atoms with Crippen LogP contribution in [0.2, 0.25) is 0 Å². The molecule has 1 aromatic carbocycles. The minimum absolute atomic E-state index is 0.505. The van der Waals surface area contributed by atoms with Crippen molar-refractivity contribution in [2.24, 2.45) is 0 Å². The Morgan fingerprint density at radius 3 is 2.80 bits per heavy atom. The highest BCUT2D eigenvalue weighted by Gasteiger charge is 2.25. The Labute approximate surface area is 121 Å². The van der Waals surface area contributed by atoms with Gasteiger partial charge in [0.1, 0.15) is 0 Å². The first-order valence-corrected chi connectivity index (χ1v) is 7.52. The zero-order chi connectivity index (χ0) is 14.1. The van der Waals surface area contributed by atoms with E-state index in [2.05, 4.69) is 56.6 Å². The highest BCUT2D eigenvalue weighted by Crippen LogP contribution is 2.39. The number of rotatable bonds is 5. The summed E-state index contributed by atoms with van der Waals surface area (Å²) in [6, 6.07) is 9.29. The van der Waals surface area contributed by atoms with E-state index >= 15 is 0 Å². The first kappa shape index (κ1) is 13.4. The Hall–Kier alpha value is -1.61. The summed E-state index contributed by atoms with van der Waals surface area (Å²) < 4.78 is 2.03. The van der Waals surface area contributed by atoms with Gasteiger partial charge in [-0.05, 0) is 43.0 Å². The maximum atomic E-state index is 4.74. The molecular formula is C17H23N3. The van der Waals surface area contributed by atoms with Crippen molar-refractivity contribution >= 4 is 0 Å². The molecule has 0 radical (unpaired) electrons. The second-order valence-corrected chi connectivity index (χ2v) is 6.12. The van der Waals surface area contributed by atoms with E-state index in [0.29, 0.717) is 12.0 Å². The van der Waals surface area contributed by atoms with E-state index in [9.17, 15) is 0 Å². The predicted molar refractivity (Wildman–Crippen MR) is 82.3 cm³/mol. The van der Waals surface area contributed by atoms with Crippen molar-refractivity contribution in [3.8, 4) is 5.69 Å². The van der Waals surface area contributed by atoms with Gasteiger partial charge in [-0.2, -0.15) is 5.10 Å². The van der Waals surface area contributed by atoms with Crippen molar-refractivity contribution in [1.82, 2.24) is 15.1 Å². The molecule has 1 aromatic heterocycles. The van der Waals surface area contributed by atoms with Crippen molar-refractivity contribution < 1.29 is 0 Å². The molecule has 3 nitrogen and oxygen atoms in total. The van der Waals surface area contributed by atoms with Gasteiger partial charge >= 0.3 is 0 Å². The molecule has 1 aliphatic carbocycles. The van der Waals surface area contributed by atoms with E-state index in [1.807, 2.05) is 4.68 Å². The lowest BCUT2D eigenvalue weighted by Gasteiger charge is -2.11. The molecule has 0 spiro atoms. The number of nitrogens with zero attached hydrogens (tertiary/aromatic N) is 2. The molecular weight excluding hydrogens is 246 g/mol. The minimum atomic E-state index is 0.505. The Kier molecular flexibility index (Phi) is 3.62. The van der Waals surface area contributed by atoms with Crippen molar-refractivity contribution in [3.63, 3.8) is 0 Å². The van der Waals surface area contributed by atoms with Crippen LogP contribution in [0.3, 0.4) is 0 Å². The Balaban J connectivity index is 1.84. The van der Waals surface area contributed by atoms with Crippen LogP contribution in [0.5, 0.6) is 0 Å². The molecule has 0 aliphatic heterocycles. The quantitative estimate of drug-likeness (QED) is 0.899. The molecule has 0 bridgehead atoms. The third-order valence-corrected chi connectivity index (χ3v) is 3.84. The van der Waals surface area contributed by atoms with Crippen LogP contribution in [0.25, 0.3) is 5.69 Å². The summed E-state index contributed by atoms with van der Waals surface area (Å²) in [6.45, 7) is 7.39. The molecule has 1 N–H and O–H groups in total. The third kappa shape index (κ3) is 2.93. The third-order valence-electron chi connectivity index (χ3n) is 3.84. The lowest BCUT2D eigenvalue weighted by Crippen LogP contribution is -2.21. The summed E-state index contributed by atoms with van der Waals surface area (Å²) in [5.74, 6) is 0.711. The van der Waals surface area contributed by atoms with Crippen molar-refractivity contribution in [2.75, 3.05) is 0 Å². The van der Waals surface area contributed by atoms with E-state index in [4.69, 9.17) is 5.10 Å². The van der Waals surface area contributed by atoms with E-state index in [1.165, 1.54) is 35.3 Å². The van der Waals surface area contributed by atoms with Crippen LogP contribution in [0.4, 0.5) is 0 Å². The number of aromatic nitrogens is 2. The molecule has 0 amide bonds. The van der Waals surface area contributed by atoms with Gasteiger partial charge in [0.2, 0.25) is 0 Å². The first-order chi connectivity index (χ1) is 9.63. The SMILES string of the molecule is Cc1ccc(CNC(C)C)cc1-n1ccc(C2CC2)n1. The Morgan fingerprint density at radius 1 is 1.30 bits per heavy atom. The molecule has 1 saturated carbocycles. The molecule has 2 aromatic rings. The Morgan fingerprint density at radius 2 is 2.10 bits per heavy atom. The lowest BCUT2D eigenvalue weighted by molar-refractivity contribution is 0.588. The molecule has 20 heavy (non-hydrogen) atoms. The fraction of sp³-hybridized carbons (Fsp3) is 0.471. The van der Waals surface area contributed by atoms with Crippen LogP contribution in [0.1, 0.15) is 49.4 Å². The van der Waals surface area contributed by atoms with E-state index < -0.39 is 0 Å². The lowest BCUT2D eigenvalue weighted by atomic mass is 10.1. The maximum Gasteiger partial charge on any atom is 0.0678 e. The molecule has 1 heterocycles. The zero-order valence-electron chi connectivity index (χ0n) is 12.6. The van der Waals surface area contributed by atoms with Crippen LogP contribution < -0.4 is 5.32 Å². The van der Waals surface area contributed by atoms with Gasteiger partial charge in [0, 0.05) is 24.7 Å². The summed E-state index contributed by atoms with van der Waals surface area (Å²) in [4.78, 5) is 0. The highest BCUT2D eigenvalue weighted by atomic mass is 15.3. The normalized spacial score (nSPS) is 15.0. The van der Waals surface area contributed by atoms with Crippen molar-refractivity contribution in [3.05, 3.63) is 47.3 Å². The van der Waals surface area contributed by atoms with Crippen LogP contribution in [-0.4, -0.2) is 15.8 Å². The minimum Gasteiger partial charge on any atom is -0.310 e. The first-order valence-electron chi connectivity index (χ1n) is 7.52. The molecule has 0 unspecified atom stereocenters. The summed E-state index contributed by atoms with van der Waals surface area (Å²) >= 11 is 0. The summed E-state index contributed by atoms with van der Waals surface area (Å²) in [5, 5.41) is 8.20. The van der Waals surface area contributed by atoms with Gasteiger partial charge in [-0.1, -0.05) is 26.0 Å². The molecule has 0 atom stereocenters. The smallest absolute Gasteiger partial charge is 0.0678 e. The number of hydrogen-bond donors (Lipinski definition) is 1. The van der Waals surface area contributed by atoms with Gasteiger partial charge < -0.3 is 5.32 Å². The van der Waals surface area contributed by atoms with Crippen LogP contribution in [-0.2, 0) is 6.54 Å². The monoisotopic (exact) mass is 269 g/mol. The average molecular weight is 269 g/mol. The van der Waals surface area contributed by atoms with E-state index in [0.717, 1.165) is 6.54 Å². The van der Waals surface area contributed by atoms with Gasteiger partial charge in [0.15, 0.2) is 0 Å². The molecule has 1 fully saturated rings. The van der Waals surface area contributed by atoms with Crippen LogP contribution in [0.15, 0.2) is 30.5 Å². The Bertz CT molecular complexity index is 594. The number of aryl methyl sites for hydroxylation is 1. The van der Waals surface area contributed by atoms with Gasteiger partial charge in [0.25, 0.3) is 0 Å². The molecule has 0 saturated heterocycles. The number of nitrogens with one attached hydrogen (secondary N) is 1. The standard InChI is InChI=1S/C17H23N3/c1-12(2)18-11-14-5-4-13(3)17(10-14)20-9-8-16(19-20)15-6-7-15/h4-5,8-10,12,15,18H,6-7,11H2,1-3H3.